The number of hydrogen-bond acceptors (Lipinski definition) is 2. The summed E-state index contributed by atoms with van der Waals surface area (Å²) in [5, 5.41) is 3.80. The lowest BCUT2D eigenvalue weighted by Crippen LogP contribution is -2.59. The van der Waals surface area contributed by atoms with Gasteiger partial charge in [0.1, 0.15) is 0 Å². The molecular formula is C26H30N2O. The van der Waals surface area contributed by atoms with Crippen molar-refractivity contribution in [2.75, 3.05) is 18.5 Å². The van der Waals surface area contributed by atoms with Gasteiger partial charge in [-0.1, -0.05) is 49.2 Å². The molecule has 1 N–H and O–H groups in total. The van der Waals surface area contributed by atoms with Crippen LogP contribution < -0.4 is 10.2 Å². The van der Waals surface area contributed by atoms with E-state index in [4.69, 9.17) is 0 Å². The molecule has 0 aromatic heterocycles. The van der Waals surface area contributed by atoms with Crippen LogP contribution in [0.3, 0.4) is 0 Å². The minimum Gasteiger partial charge on any atom is -0.313 e. The maximum Gasteiger partial charge on any atom is 0.250 e. The Bertz CT molecular complexity index is 931. The average Bonchev–Trinajstić information content (AvgIpc) is 2.77. The van der Waals surface area contributed by atoms with Crippen LogP contribution in [0, 0.1) is 5.92 Å². The van der Waals surface area contributed by atoms with Crippen molar-refractivity contribution in [3.63, 3.8) is 0 Å². The summed E-state index contributed by atoms with van der Waals surface area (Å²) in [5.74, 6) is 0.775. The van der Waals surface area contributed by atoms with E-state index < -0.39 is 0 Å². The van der Waals surface area contributed by atoms with E-state index in [1.165, 1.54) is 43.2 Å². The average molecular weight is 387 g/mol. The summed E-state index contributed by atoms with van der Waals surface area (Å²) in [6.07, 6.45) is 11.3. The molecule has 2 aromatic carbocycles. The molecule has 0 radical (unpaired) electrons. The lowest BCUT2D eigenvalue weighted by molar-refractivity contribution is -0.113. The van der Waals surface area contributed by atoms with Gasteiger partial charge in [-0.3, -0.25) is 4.79 Å². The van der Waals surface area contributed by atoms with Crippen LogP contribution in [-0.4, -0.2) is 25.5 Å². The minimum absolute atomic E-state index is 0.0190. The second-order valence-corrected chi connectivity index (χ2v) is 9.01. The molecule has 1 amide bonds. The minimum atomic E-state index is 0.0190. The van der Waals surface area contributed by atoms with E-state index in [0.717, 1.165) is 30.1 Å². The Balaban J connectivity index is 1.44. The second-order valence-electron chi connectivity index (χ2n) is 9.01. The molecule has 3 heteroatoms. The first-order chi connectivity index (χ1) is 14.2. The first-order valence-corrected chi connectivity index (χ1v) is 11.0. The van der Waals surface area contributed by atoms with Gasteiger partial charge in [-0.05, 0) is 73.0 Å². The summed E-state index contributed by atoms with van der Waals surface area (Å²) in [4.78, 5) is 14.6. The van der Waals surface area contributed by atoms with Gasteiger partial charge in [0.2, 0.25) is 0 Å². The highest BCUT2D eigenvalue weighted by Gasteiger charge is 2.51. The van der Waals surface area contributed by atoms with Gasteiger partial charge in [0.15, 0.2) is 0 Å². The highest BCUT2D eigenvalue weighted by molar-refractivity contribution is 6.03. The van der Waals surface area contributed by atoms with E-state index in [9.17, 15) is 4.79 Å². The molecule has 1 heterocycles. The van der Waals surface area contributed by atoms with Crippen LogP contribution in [0.4, 0.5) is 5.69 Å². The summed E-state index contributed by atoms with van der Waals surface area (Å²) < 4.78 is 0. The molecule has 1 aliphatic heterocycles. The predicted molar refractivity (Wildman–Crippen MR) is 119 cm³/mol. The molecule has 1 saturated carbocycles. The number of carbonyl (C=O) groups excluding carboxylic acids is 1. The maximum atomic E-state index is 12.8. The summed E-state index contributed by atoms with van der Waals surface area (Å²) in [7, 11) is 1.89. The van der Waals surface area contributed by atoms with E-state index in [1.807, 2.05) is 43.5 Å². The van der Waals surface area contributed by atoms with E-state index in [0.29, 0.717) is 11.5 Å². The number of benzene rings is 2. The van der Waals surface area contributed by atoms with Gasteiger partial charge in [0.25, 0.3) is 5.91 Å². The molecule has 3 atom stereocenters. The Kier molecular flexibility index (Phi) is 4.79. The summed E-state index contributed by atoms with van der Waals surface area (Å²) >= 11 is 0. The first kappa shape index (κ1) is 18.6. The van der Waals surface area contributed by atoms with Crippen LogP contribution in [0.5, 0.6) is 0 Å². The van der Waals surface area contributed by atoms with E-state index in [2.05, 4.69) is 23.5 Å². The van der Waals surface area contributed by atoms with E-state index in [-0.39, 0.29) is 5.91 Å². The fourth-order valence-corrected chi connectivity index (χ4v) is 6.09. The fourth-order valence-electron chi connectivity index (χ4n) is 6.09. The predicted octanol–water partition coefficient (Wildman–Crippen LogP) is 4.71. The number of nitrogens with zero attached hydrogens (tertiary/aromatic N) is 1. The standard InChI is InChI=1S/C26H30N2O/c1-28(25(29)13-10-19-7-3-2-4-8-19)21-12-11-20-17-24-22-9-5-6-14-26(22,15-16-27-24)23(20)18-21/h2-4,7-8,10-13,18,22,24,27H,5-6,9,14-17H2,1H3/t22-,24+,26+/m0/s1. The number of nitrogens with one attached hydrogen (secondary N) is 1. The molecule has 5 rings (SSSR count). The number of piperidine rings is 1. The number of likely N-dealkylation sites (N-methyl/N-ethyl adjacent to an activating group) is 1. The summed E-state index contributed by atoms with van der Waals surface area (Å²) in [5.41, 5.74) is 5.40. The van der Waals surface area contributed by atoms with Crippen molar-refractivity contribution < 1.29 is 4.79 Å². The van der Waals surface area contributed by atoms with Crippen molar-refractivity contribution in [3.05, 3.63) is 71.3 Å². The molecule has 150 valence electrons. The molecule has 29 heavy (non-hydrogen) atoms. The van der Waals surface area contributed by atoms with Gasteiger partial charge in [-0.25, -0.2) is 0 Å². The fraction of sp³-hybridized carbons (Fsp3) is 0.423. The third kappa shape index (κ3) is 3.22. The Morgan fingerprint density at radius 3 is 2.86 bits per heavy atom. The Labute approximate surface area is 173 Å². The number of anilines is 1. The molecule has 2 aromatic rings. The molecule has 2 fully saturated rings. The second kappa shape index (κ2) is 7.46. The van der Waals surface area contributed by atoms with Crippen LogP contribution in [0.1, 0.15) is 48.8 Å². The van der Waals surface area contributed by atoms with Crippen LogP contribution in [0.2, 0.25) is 0 Å². The third-order valence-corrected chi connectivity index (χ3v) is 7.57. The topological polar surface area (TPSA) is 32.3 Å². The number of hydrogen-bond donors (Lipinski definition) is 1. The van der Waals surface area contributed by atoms with E-state index >= 15 is 0 Å². The van der Waals surface area contributed by atoms with Crippen molar-refractivity contribution in [2.45, 2.75) is 50.0 Å². The molecule has 2 bridgehead atoms. The molecular weight excluding hydrogens is 356 g/mol. The van der Waals surface area contributed by atoms with Crippen LogP contribution in [0.25, 0.3) is 6.08 Å². The van der Waals surface area contributed by atoms with Gasteiger partial charge < -0.3 is 10.2 Å². The van der Waals surface area contributed by atoms with Gasteiger partial charge >= 0.3 is 0 Å². The molecule has 0 unspecified atom stereocenters. The SMILES string of the molecule is CN(C(=O)C=Cc1ccccc1)c1ccc2c(c1)[C@@]13CCCC[C@H]1[C@@H](C2)NCC3. The number of carbonyl (C=O) groups is 1. The van der Waals surface area contributed by atoms with Crippen molar-refractivity contribution >= 4 is 17.7 Å². The molecule has 1 saturated heterocycles. The van der Waals surface area contributed by atoms with Crippen molar-refractivity contribution in [2.24, 2.45) is 5.92 Å². The molecule has 2 aliphatic carbocycles. The largest absolute Gasteiger partial charge is 0.313 e. The Morgan fingerprint density at radius 1 is 1.14 bits per heavy atom. The lowest BCUT2D eigenvalue weighted by atomic mass is 9.53. The quantitative estimate of drug-likeness (QED) is 0.775. The van der Waals surface area contributed by atoms with Crippen molar-refractivity contribution in [1.29, 1.82) is 0 Å². The van der Waals surface area contributed by atoms with Gasteiger partial charge in [0, 0.05) is 30.3 Å². The summed E-state index contributed by atoms with van der Waals surface area (Å²) in [6.45, 7) is 1.12. The van der Waals surface area contributed by atoms with Gasteiger partial charge in [0.05, 0.1) is 0 Å². The highest BCUT2D eigenvalue weighted by atomic mass is 16.2. The van der Waals surface area contributed by atoms with Gasteiger partial charge in [-0.2, -0.15) is 0 Å². The first-order valence-electron chi connectivity index (χ1n) is 11.0. The third-order valence-electron chi connectivity index (χ3n) is 7.57. The number of amides is 1. The molecule has 0 spiro atoms. The normalized spacial score (nSPS) is 27.9. The smallest absolute Gasteiger partial charge is 0.250 e. The van der Waals surface area contributed by atoms with E-state index in [1.54, 1.807) is 11.0 Å². The lowest BCUT2D eigenvalue weighted by Gasteiger charge is -2.56. The van der Waals surface area contributed by atoms with Crippen molar-refractivity contribution in [1.82, 2.24) is 5.32 Å². The zero-order valence-corrected chi connectivity index (χ0v) is 17.2. The van der Waals surface area contributed by atoms with Crippen LogP contribution in [0.15, 0.2) is 54.6 Å². The molecule has 3 nitrogen and oxygen atoms in total. The number of rotatable bonds is 3. The van der Waals surface area contributed by atoms with Gasteiger partial charge in [-0.15, -0.1) is 0 Å². The monoisotopic (exact) mass is 386 g/mol. The number of fused-ring (bicyclic) bond motifs is 1. The Morgan fingerprint density at radius 2 is 2.00 bits per heavy atom. The van der Waals surface area contributed by atoms with Crippen LogP contribution in [-0.2, 0) is 16.6 Å². The Hall–Kier alpha value is -2.39. The summed E-state index contributed by atoms with van der Waals surface area (Å²) in [6, 6.07) is 17.4. The van der Waals surface area contributed by atoms with Crippen LogP contribution >= 0.6 is 0 Å². The zero-order valence-electron chi connectivity index (χ0n) is 17.2. The zero-order chi connectivity index (χ0) is 19.8. The molecule has 3 aliphatic rings. The highest BCUT2D eigenvalue weighted by Crippen LogP contribution is 2.54. The maximum absolute atomic E-state index is 12.8. The van der Waals surface area contributed by atoms with Crippen molar-refractivity contribution in [3.8, 4) is 0 Å².